The molecule has 1 unspecified atom stereocenters. The summed E-state index contributed by atoms with van der Waals surface area (Å²) in [6.07, 6.45) is 2.51. The first-order valence-corrected chi connectivity index (χ1v) is 7.79. The molecule has 5 heteroatoms. The number of nitrogens with zero attached hydrogens (tertiary/aromatic N) is 2. The Labute approximate surface area is 136 Å². The summed E-state index contributed by atoms with van der Waals surface area (Å²) < 4.78 is 5.41. The Balaban J connectivity index is 2.19. The van der Waals surface area contributed by atoms with Gasteiger partial charge >= 0.3 is 6.09 Å². The number of carbonyl (C=O) groups is 2. The molecule has 0 heterocycles. The topological polar surface area (TPSA) is 70.4 Å². The van der Waals surface area contributed by atoms with Gasteiger partial charge in [-0.15, -0.1) is 0 Å². The number of benzene rings is 1. The maximum atomic E-state index is 12.4. The van der Waals surface area contributed by atoms with Crippen molar-refractivity contribution in [2.45, 2.75) is 51.7 Å². The fraction of sp³-hybridized carbons (Fsp3) is 0.500. The van der Waals surface area contributed by atoms with Crippen LogP contribution >= 0.6 is 0 Å². The van der Waals surface area contributed by atoms with Crippen molar-refractivity contribution in [2.24, 2.45) is 0 Å². The lowest BCUT2D eigenvalue weighted by Gasteiger charge is -2.35. The van der Waals surface area contributed by atoms with Crippen molar-refractivity contribution in [3.8, 4) is 6.07 Å². The molecule has 1 atom stereocenters. The van der Waals surface area contributed by atoms with Gasteiger partial charge in [0.25, 0.3) is 0 Å². The molecule has 1 aromatic rings. The van der Waals surface area contributed by atoms with Crippen molar-refractivity contribution in [2.75, 3.05) is 6.54 Å². The number of amides is 1. The molecule has 0 saturated heterocycles. The highest BCUT2D eigenvalue weighted by molar-refractivity contribution is 5.72. The Morgan fingerprint density at radius 2 is 2.17 bits per heavy atom. The lowest BCUT2D eigenvalue weighted by molar-refractivity contribution is -0.109. The van der Waals surface area contributed by atoms with E-state index in [0.717, 1.165) is 24.7 Å². The van der Waals surface area contributed by atoms with Crippen LogP contribution in [0.25, 0.3) is 0 Å². The molecule has 0 aromatic heterocycles. The SMILES string of the molecule is CC(C)(C)OC(=O)N(CC=O)C1CCc2ccc(C#N)cc2C1. The maximum absolute atomic E-state index is 12.4. The van der Waals surface area contributed by atoms with Gasteiger partial charge in [0, 0.05) is 6.04 Å². The lowest BCUT2D eigenvalue weighted by Crippen LogP contribution is -2.46. The third-order valence-electron chi connectivity index (χ3n) is 3.88. The average molecular weight is 314 g/mol. The zero-order valence-corrected chi connectivity index (χ0v) is 13.8. The van der Waals surface area contributed by atoms with Gasteiger partial charge in [0.2, 0.25) is 0 Å². The fourth-order valence-corrected chi connectivity index (χ4v) is 2.85. The number of carbonyl (C=O) groups excluding carboxylic acids is 2. The van der Waals surface area contributed by atoms with Crippen molar-refractivity contribution in [1.82, 2.24) is 4.90 Å². The van der Waals surface area contributed by atoms with E-state index in [1.807, 2.05) is 18.2 Å². The summed E-state index contributed by atoms with van der Waals surface area (Å²) in [7, 11) is 0. The highest BCUT2D eigenvalue weighted by atomic mass is 16.6. The molecule has 0 fully saturated rings. The second-order valence-electron chi connectivity index (χ2n) is 6.79. The smallest absolute Gasteiger partial charge is 0.410 e. The first kappa shape index (κ1) is 17.0. The zero-order valence-electron chi connectivity index (χ0n) is 13.8. The van der Waals surface area contributed by atoms with Crippen LogP contribution in [0.3, 0.4) is 0 Å². The molecular formula is C18H22N2O3. The summed E-state index contributed by atoms with van der Waals surface area (Å²) >= 11 is 0. The van der Waals surface area contributed by atoms with Gasteiger partial charge in [-0.2, -0.15) is 5.26 Å². The third kappa shape index (κ3) is 4.32. The molecule has 0 spiro atoms. The van der Waals surface area contributed by atoms with E-state index in [0.29, 0.717) is 12.0 Å². The van der Waals surface area contributed by atoms with Gasteiger partial charge in [0.05, 0.1) is 18.2 Å². The molecule has 0 N–H and O–H groups in total. The molecule has 1 aliphatic carbocycles. The van der Waals surface area contributed by atoms with Gasteiger partial charge in [-0.05, 0) is 63.3 Å². The minimum atomic E-state index is -0.598. The first-order valence-electron chi connectivity index (χ1n) is 7.79. The summed E-state index contributed by atoms with van der Waals surface area (Å²) in [5.74, 6) is 0. The van der Waals surface area contributed by atoms with Crippen LogP contribution in [0.4, 0.5) is 4.79 Å². The largest absolute Gasteiger partial charge is 0.444 e. The summed E-state index contributed by atoms with van der Waals surface area (Å²) in [6, 6.07) is 7.71. The fourth-order valence-electron chi connectivity index (χ4n) is 2.85. The van der Waals surface area contributed by atoms with E-state index >= 15 is 0 Å². The lowest BCUT2D eigenvalue weighted by atomic mass is 9.86. The molecule has 2 rings (SSSR count). The van der Waals surface area contributed by atoms with Gasteiger partial charge < -0.3 is 9.53 Å². The van der Waals surface area contributed by atoms with E-state index in [1.165, 1.54) is 10.5 Å². The van der Waals surface area contributed by atoms with Gasteiger partial charge in [0.15, 0.2) is 0 Å². The van der Waals surface area contributed by atoms with E-state index in [1.54, 1.807) is 20.8 Å². The molecule has 0 saturated carbocycles. The van der Waals surface area contributed by atoms with E-state index in [-0.39, 0.29) is 12.6 Å². The molecule has 0 aliphatic heterocycles. The standard InChI is InChI=1S/C18H22N2O3/c1-18(2,3)23-17(22)20(8-9-21)16-7-6-14-5-4-13(12-19)10-15(14)11-16/h4-5,9-10,16H,6-8,11H2,1-3H3. The van der Waals surface area contributed by atoms with Crippen LogP contribution in [0.15, 0.2) is 18.2 Å². The van der Waals surface area contributed by atoms with Crippen molar-refractivity contribution in [3.05, 3.63) is 34.9 Å². The van der Waals surface area contributed by atoms with Crippen molar-refractivity contribution in [1.29, 1.82) is 5.26 Å². The quantitative estimate of drug-likeness (QED) is 0.804. The van der Waals surface area contributed by atoms with Crippen molar-refractivity contribution in [3.63, 3.8) is 0 Å². The van der Waals surface area contributed by atoms with Crippen molar-refractivity contribution < 1.29 is 14.3 Å². The van der Waals surface area contributed by atoms with E-state index in [9.17, 15) is 9.59 Å². The Bertz CT molecular complexity index is 641. The Morgan fingerprint density at radius 1 is 1.43 bits per heavy atom. The molecule has 0 bridgehead atoms. The minimum Gasteiger partial charge on any atom is -0.444 e. The van der Waals surface area contributed by atoms with Gasteiger partial charge in [0.1, 0.15) is 11.9 Å². The number of rotatable bonds is 3. The highest BCUT2D eigenvalue weighted by Gasteiger charge is 2.30. The summed E-state index contributed by atoms with van der Waals surface area (Å²) in [5, 5.41) is 9.03. The van der Waals surface area contributed by atoms with E-state index in [4.69, 9.17) is 10.00 Å². The summed E-state index contributed by atoms with van der Waals surface area (Å²) in [5.41, 5.74) is 2.29. The Morgan fingerprint density at radius 3 is 2.78 bits per heavy atom. The second kappa shape index (κ2) is 6.82. The van der Waals surface area contributed by atoms with Crippen molar-refractivity contribution >= 4 is 12.4 Å². The van der Waals surface area contributed by atoms with Crippen LogP contribution in [-0.4, -0.2) is 35.5 Å². The van der Waals surface area contributed by atoms with Crippen LogP contribution in [-0.2, 0) is 22.4 Å². The van der Waals surface area contributed by atoms with Crippen LogP contribution < -0.4 is 0 Å². The molecule has 1 aliphatic rings. The second-order valence-corrected chi connectivity index (χ2v) is 6.79. The molecule has 0 radical (unpaired) electrons. The number of fused-ring (bicyclic) bond motifs is 1. The third-order valence-corrected chi connectivity index (χ3v) is 3.88. The van der Waals surface area contributed by atoms with E-state index in [2.05, 4.69) is 6.07 Å². The highest BCUT2D eigenvalue weighted by Crippen LogP contribution is 2.26. The molecule has 5 nitrogen and oxygen atoms in total. The minimum absolute atomic E-state index is 0.0207. The molecule has 1 aromatic carbocycles. The molecule has 122 valence electrons. The number of aryl methyl sites for hydroxylation is 1. The maximum Gasteiger partial charge on any atom is 0.410 e. The summed E-state index contributed by atoms with van der Waals surface area (Å²) in [6.45, 7) is 5.44. The normalized spacial score (nSPS) is 16.9. The predicted octanol–water partition coefficient (Wildman–Crippen LogP) is 2.85. The molecular weight excluding hydrogens is 292 g/mol. The summed E-state index contributed by atoms with van der Waals surface area (Å²) in [4.78, 5) is 24.9. The van der Waals surface area contributed by atoms with E-state index < -0.39 is 11.7 Å². The number of hydrogen-bond acceptors (Lipinski definition) is 4. The number of nitriles is 1. The van der Waals surface area contributed by atoms with Crippen LogP contribution in [0.5, 0.6) is 0 Å². The average Bonchev–Trinajstić information content (AvgIpc) is 2.49. The van der Waals surface area contributed by atoms with Crippen LogP contribution in [0, 0.1) is 11.3 Å². The number of aldehydes is 1. The Kier molecular flexibility index (Phi) is 5.05. The predicted molar refractivity (Wildman–Crippen MR) is 86.0 cm³/mol. The van der Waals surface area contributed by atoms with Gasteiger partial charge in [-0.25, -0.2) is 4.79 Å². The first-order chi connectivity index (χ1) is 10.8. The van der Waals surface area contributed by atoms with Crippen LogP contribution in [0.1, 0.15) is 43.9 Å². The van der Waals surface area contributed by atoms with Gasteiger partial charge in [-0.1, -0.05) is 6.07 Å². The monoisotopic (exact) mass is 314 g/mol. The van der Waals surface area contributed by atoms with Crippen LogP contribution in [0.2, 0.25) is 0 Å². The zero-order chi connectivity index (χ0) is 17.0. The molecule has 23 heavy (non-hydrogen) atoms. The Hall–Kier alpha value is -2.35. The molecule has 1 amide bonds. The number of hydrogen-bond donors (Lipinski definition) is 0. The van der Waals surface area contributed by atoms with Gasteiger partial charge in [-0.3, -0.25) is 4.90 Å². The number of ether oxygens (including phenoxy) is 1.